The summed E-state index contributed by atoms with van der Waals surface area (Å²) in [4.78, 5) is 22.1. The largest absolute Gasteiger partial charge is 0.351 e. The number of hydrogen-bond acceptors (Lipinski definition) is 3. The lowest BCUT2D eigenvalue weighted by Crippen LogP contribution is -2.38. The first-order valence-corrected chi connectivity index (χ1v) is 5.13. The first-order valence-electron chi connectivity index (χ1n) is 4.34. The molecule has 0 saturated carbocycles. The van der Waals surface area contributed by atoms with Crippen LogP contribution in [0.4, 0.5) is 0 Å². The van der Waals surface area contributed by atoms with Crippen molar-refractivity contribution in [2.24, 2.45) is 0 Å². The molecule has 0 radical (unpaired) electrons. The molecule has 0 spiro atoms. The summed E-state index contributed by atoms with van der Waals surface area (Å²) in [6.45, 7) is 3.44. The quantitative estimate of drug-likeness (QED) is 0.581. The van der Waals surface area contributed by atoms with E-state index >= 15 is 0 Å². The lowest BCUT2D eigenvalue weighted by molar-refractivity contribution is -0.121. The molecule has 1 heterocycles. The Morgan fingerprint density at radius 3 is 2.80 bits per heavy atom. The predicted molar refractivity (Wildman–Crippen MR) is 60.7 cm³/mol. The van der Waals surface area contributed by atoms with Crippen molar-refractivity contribution in [3.05, 3.63) is 29.7 Å². The number of nitrogens with one attached hydrogen (secondary N) is 2. The topological polar surface area (TPSA) is 58.2 Å². The van der Waals surface area contributed by atoms with Crippen LogP contribution in [0.5, 0.6) is 0 Å². The van der Waals surface area contributed by atoms with E-state index in [1.54, 1.807) is 38.1 Å². The second-order valence-electron chi connectivity index (χ2n) is 3.49. The van der Waals surface area contributed by atoms with E-state index in [2.05, 4.69) is 26.6 Å². The van der Waals surface area contributed by atoms with Crippen LogP contribution in [0.3, 0.4) is 0 Å². The summed E-state index contributed by atoms with van der Waals surface area (Å²) < 4.78 is -0.678. The number of amides is 1. The van der Waals surface area contributed by atoms with Gasteiger partial charge in [0.1, 0.15) is 5.70 Å². The molecule has 1 aliphatic heterocycles. The summed E-state index contributed by atoms with van der Waals surface area (Å²) in [5, 5.41) is 5.31. The van der Waals surface area contributed by atoms with Gasteiger partial charge in [0.05, 0.1) is 10.0 Å². The van der Waals surface area contributed by atoms with Gasteiger partial charge in [0.15, 0.2) is 5.94 Å². The molecule has 0 aliphatic carbocycles. The van der Waals surface area contributed by atoms with E-state index in [1.807, 2.05) is 0 Å². The van der Waals surface area contributed by atoms with Gasteiger partial charge in [-0.1, -0.05) is 15.9 Å². The third kappa shape index (κ3) is 3.08. The van der Waals surface area contributed by atoms with Gasteiger partial charge in [-0.15, -0.1) is 0 Å². The number of carbonyl (C=O) groups excluding carboxylic acids is 2. The minimum absolute atomic E-state index is 0.224. The first-order chi connectivity index (χ1) is 6.95. The fourth-order valence-electron chi connectivity index (χ4n) is 0.896. The zero-order chi connectivity index (χ0) is 11.5. The van der Waals surface area contributed by atoms with Gasteiger partial charge in [0.25, 0.3) is 0 Å². The van der Waals surface area contributed by atoms with E-state index in [-0.39, 0.29) is 11.6 Å². The van der Waals surface area contributed by atoms with Crippen LogP contribution in [0.1, 0.15) is 13.8 Å². The van der Waals surface area contributed by atoms with Crippen molar-refractivity contribution in [1.29, 1.82) is 0 Å². The van der Waals surface area contributed by atoms with Crippen molar-refractivity contribution in [2.45, 2.75) is 18.2 Å². The van der Waals surface area contributed by atoms with Crippen molar-refractivity contribution in [2.75, 3.05) is 0 Å². The normalized spacial score (nSPS) is 15.1. The Morgan fingerprint density at radius 2 is 2.27 bits per heavy atom. The number of allylic oxidation sites excluding steroid dienone is 2. The van der Waals surface area contributed by atoms with Crippen LogP contribution in [-0.4, -0.2) is 16.2 Å². The number of alkyl halides is 1. The van der Waals surface area contributed by atoms with Gasteiger partial charge in [0.2, 0.25) is 5.91 Å². The van der Waals surface area contributed by atoms with E-state index in [0.29, 0.717) is 5.70 Å². The van der Waals surface area contributed by atoms with E-state index in [1.165, 1.54) is 0 Å². The Bertz CT molecular complexity index is 385. The fraction of sp³-hybridized carbons (Fsp3) is 0.300. The van der Waals surface area contributed by atoms with Crippen LogP contribution < -0.4 is 10.6 Å². The highest BCUT2D eigenvalue weighted by atomic mass is 79.9. The van der Waals surface area contributed by atoms with Crippen LogP contribution in [0.2, 0.25) is 0 Å². The molecule has 15 heavy (non-hydrogen) atoms. The molecule has 1 aliphatic rings. The Morgan fingerprint density at radius 1 is 1.60 bits per heavy atom. The van der Waals surface area contributed by atoms with Crippen molar-refractivity contribution in [3.8, 4) is 0 Å². The summed E-state index contributed by atoms with van der Waals surface area (Å²) in [5.41, 5.74) is 0.646. The highest BCUT2D eigenvalue weighted by Crippen LogP contribution is 2.17. The third-order valence-corrected chi connectivity index (χ3v) is 2.11. The molecule has 0 unspecified atom stereocenters. The maximum atomic E-state index is 11.6. The minimum atomic E-state index is -0.678. The van der Waals surface area contributed by atoms with Crippen LogP contribution in [0.15, 0.2) is 29.7 Å². The van der Waals surface area contributed by atoms with Crippen molar-refractivity contribution in [3.63, 3.8) is 0 Å². The second-order valence-corrected chi connectivity index (χ2v) is 5.47. The Balaban J connectivity index is 2.82. The highest BCUT2D eigenvalue weighted by molar-refractivity contribution is 9.10. The lowest BCUT2D eigenvalue weighted by Gasteiger charge is -2.19. The summed E-state index contributed by atoms with van der Waals surface area (Å²) in [7, 11) is 0. The molecule has 0 atom stereocenters. The second kappa shape index (κ2) is 4.47. The zero-order valence-electron chi connectivity index (χ0n) is 8.43. The summed E-state index contributed by atoms with van der Waals surface area (Å²) >= 11 is 3.23. The standard InChI is InChI=1S/C10H11BrN2O2/c1-10(2,11)9(15)13-7-4-3-5-12-8(7)6-14/h3-5,12H,1-2H3,(H,13,15). The fourth-order valence-corrected chi connectivity index (χ4v) is 0.996. The molecule has 1 amide bonds. The monoisotopic (exact) mass is 270 g/mol. The maximum absolute atomic E-state index is 11.6. The van der Waals surface area contributed by atoms with Gasteiger partial charge >= 0.3 is 0 Å². The molecule has 0 bridgehead atoms. The minimum Gasteiger partial charge on any atom is -0.351 e. The summed E-state index contributed by atoms with van der Waals surface area (Å²) in [5.74, 6) is 1.49. The van der Waals surface area contributed by atoms with Crippen LogP contribution in [-0.2, 0) is 9.59 Å². The molecule has 4 nitrogen and oxygen atoms in total. The van der Waals surface area contributed by atoms with Gasteiger partial charge in [0, 0.05) is 6.20 Å². The number of dihydropyridines is 1. The summed E-state index contributed by atoms with van der Waals surface area (Å²) in [6.07, 6.45) is 4.92. The van der Waals surface area contributed by atoms with Gasteiger partial charge in [-0.3, -0.25) is 4.79 Å². The molecular weight excluding hydrogens is 260 g/mol. The van der Waals surface area contributed by atoms with Crippen molar-refractivity contribution >= 4 is 27.8 Å². The SMILES string of the molecule is CC(C)(Br)C(=O)NC1=CC=CNC1=C=O. The van der Waals surface area contributed by atoms with Gasteiger partial charge in [-0.25, -0.2) is 4.79 Å². The molecule has 5 heteroatoms. The molecule has 0 aromatic heterocycles. The zero-order valence-corrected chi connectivity index (χ0v) is 10.0. The van der Waals surface area contributed by atoms with E-state index < -0.39 is 4.32 Å². The van der Waals surface area contributed by atoms with Crippen molar-refractivity contribution in [1.82, 2.24) is 10.6 Å². The molecule has 80 valence electrons. The summed E-state index contributed by atoms with van der Waals surface area (Å²) in [6, 6.07) is 0. The van der Waals surface area contributed by atoms with Crippen LogP contribution in [0, 0.1) is 0 Å². The lowest BCUT2D eigenvalue weighted by atomic mass is 10.2. The number of hydrogen-bond donors (Lipinski definition) is 2. The Labute approximate surface area is 96.2 Å². The highest BCUT2D eigenvalue weighted by Gasteiger charge is 2.25. The average molecular weight is 271 g/mol. The van der Waals surface area contributed by atoms with Crippen LogP contribution in [0.25, 0.3) is 0 Å². The van der Waals surface area contributed by atoms with Crippen molar-refractivity contribution < 1.29 is 9.59 Å². The Kier molecular flexibility index (Phi) is 3.50. The van der Waals surface area contributed by atoms with Crippen LogP contribution >= 0.6 is 15.9 Å². The van der Waals surface area contributed by atoms with Gasteiger partial charge in [-0.05, 0) is 26.0 Å². The number of carbonyl (C=O) groups is 1. The number of rotatable bonds is 2. The molecule has 0 saturated heterocycles. The van der Waals surface area contributed by atoms with E-state index in [0.717, 1.165) is 0 Å². The predicted octanol–water partition coefficient (Wildman–Crippen LogP) is 0.992. The molecular formula is C10H11BrN2O2. The first kappa shape index (κ1) is 11.8. The average Bonchev–Trinajstić information content (AvgIpc) is 2.17. The molecule has 0 aromatic rings. The van der Waals surface area contributed by atoms with E-state index in [9.17, 15) is 9.59 Å². The molecule has 0 aromatic carbocycles. The third-order valence-electron chi connectivity index (χ3n) is 1.75. The molecule has 2 N–H and O–H groups in total. The number of halogens is 1. The molecule has 0 fully saturated rings. The maximum Gasteiger partial charge on any atom is 0.240 e. The smallest absolute Gasteiger partial charge is 0.240 e. The molecule has 1 rings (SSSR count). The Hall–Kier alpha value is -1.32. The van der Waals surface area contributed by atoms with Gasteiger partial charge < -0.3 is 10.6 Å². The van der Waals surface area contributed by atoms with E-state index in [4.69, 9.17) is 0 Å². The van der Waals surface area contributed by atoms with Gasteiger partial charge in [-0.2, -0.15) is 0 Å².